The molecule has 1 aromatic heterocycles. The zero-order valence-electron chi connectivity index (χ0n) is 11.5. The molecule has 4 nitrogen and oxygen atoms in total. The van der Waals surface area contributed by atoms with Crippen LogP contribution in [0, 0.1) is 12.3 Å². The Hall–Kier alpha value is -2.77. The normalized spacial score (nSPS) is 10.4. The van der Waals surface area contributed by atoms with Crippen LogP contribution in [0.25, 0.3) is 22.4 Å². The van der Waals surface area contributed by atoms with Gasteiger partial charge in [0.1, 0.15) is 5.82 Å². The second-order valence-electron chi connectivity index (χ2n) is 4.58. The highest BCUT2D eigenvalue weighted by Gasteiger charge is 2.12. The van der Waals surface area contributed by atoms with Crippen LogP contribution in [0.5, 0.6) is 0 Å². The summed E-state index contributed by atoms with van der Waals surface area (Å²) in [6, 6.07) is 12.5. The molecule has 0 atom stereocenters. The third kappa shape index (κ3) is 2.67. The maximum atomic E-state index is 11.8. The van der Waals surface area contributed by atoms with Crippen molar-refractivity contribution in [2.45, 2.75) is 0 Å². The number of nitrogens with zero attached hydrogens (tertiary/aromatic N) is 1. The molecular formula is C17H11ClN2O2. The van der Waals surface area contributed by atoms with Crippen molar-refractivity contribution in [1.82, 2.24) is 9.97 Å². The van der Waals surface area contributed by atoms with Gasteiger partial charge in [-0.15, -0.1) is 6.42 Å². The molecular weight excluding hydrogens is 300 g/mol. The molecule has 5 heteroatoms. The number of imidazole rings is 1. The SMILES string of the molecule is C#CCOC(=O)c1ccc2nc(-c3ccccc3Cl)[nH]c2c1. The summed E-state index contributed by atoms with van der Waals surface area (Å²) in [5.74, 6) is 2.44. The Morgan fingerprint density at radius 1 is 1.32 bits per heavy atom. The number of nitrogens with one attached hydrogen (secondary N) is 1. The molecule has 1 heterocycles. The molecule has 0 spiro atoms. The van der Waals surface area contributed by atoms with Gasteiger partial charge in [0.15, 0.2) is 6.61 Å². The standard InChI is InChI=1S/C17H11ClN2O2/c1-2-9-22-17(21)11-7-8-14-15(10-11)20-16(19-14)12-5-3-4-6-13(12)18/h1,3-8,10H,9H2,(H,19,20). The maximum Gasteiger partial charge on any atom is 0.339 e. The zero-order valence-corrected chi connectivity index (χ0v) is 12.2. The lowest BCUT2D eigenvalue weighted by atomic mass is 10.2. The van der Waals surface area contributed by atoms with E-state index in [1.165, 1.54) is 0 Å². The van der Waals surface area contributed by atoms with E-state index in [0.29, 0.717) is 16.4 Å². The van der Waals surface area contributed by atoms with E-state index in [9.17, 15) is 4.79 Å². The summed E-state index contributed by atoms with van der Waals surface area (Å²) in [4.78, 5) is 19.4. The van der Waals surface area contributed by atoms with E-state index in [1.54, 1.807) is 24.3 Å². The number of fused-ring (bicyclic) bond motifs is 1. The smallest absolute Gasteiger partial charge is 0.339 e. The molecule has 22 heavy (non-hydrogen) atoms. The minimum Gasteiger partial charge on any atom is -0.449 e. The van der Waals surface area contributed by atoms with Crippen molar-refractivity contribution < 1.29 is 9.53 Å². The summed E-state index contributed by atoms with van der Waals surface area (Å²) < 4.78 is 4.91. The average molecular weight is 311 g/mol. The summed E-state index contributed by atoms with van der Waals surface area (Å²) in [6.45, 7) is -0.0509. The second-order valence-corrected chi connectivity index (χ2v) is 4.98. The molecule has 0 aliphatic heterocycles. The molecule has 2 aromatic carbocycles. The quantitative estimate of drug-likeness (QED) is 0.593. The number of aromatic nitrogens is 2. The van der Waals surface area contributed by atoms with Crippen LogP contribution in [0.4, 0.5) is 0 Å². The van der Waals surface area contributed by atoms with Crippen LogP contribution in [0.15, 0.2) is 42.5 Å². The molecule has 1 N–H and O–H groups in total. The molecule has 0 aliphatic carbocycles. The van der Waals surface area contributed by atoms with Crippen molar-refractivity contribution in [3.8, 4) is 23.7 Å². The highest BCUT2D eigenvalue weighted by atomic mass is 35.5. The third-order valence-electron chi connectivity index (χ3n) is 3.13. The predicted molar refractivity (Wildman–Crippen MR) is 85.7 cm³/mol. The van der Waals surface area contributed by atoms with Crippen molar-refractivity contribution in [2.24, 2.45) is 0 Å². The average Bonchev–Trinajstić information content (AvgIpc) is 2.95. The van der Waals surface area contributed by atoms with Gasteiger partial charge in [-0.3, -0.25) is 0 Å². The molecule has 3 rings (SSSR count). The molecule has 0 saturated carbocycles. The fraction of sp³-hybridized carbons (Fsp3) is 0.0588. The van der Waals surface area contributed by atoms with Crippen molar-refractivity contribution >= 4 is 28.6 Å². The van der Waals surface area contributed by atoms with Gasteiger partial charge in [0.25, 0.3) is 0 Å². The van der Waals surface area contributed by atoms with E-state index < -0.39 is 5.97 Å². The van der Waals surface area contributed by atoms with Gasteiger partial charge in [-0.2, -0.15) is 0 Å². The highest BCUT2D eigenvalue weighted by molar-refractivity contribution is 6.33. The number of ether oxygens (including phenoxy) is 1. The lowest BCUT2D eigenvalue weighted by Gasteiger charge is -2.00. The van der Waals surface area contributed by atoms with E-state index in [2.05, 4.69) is 15.9 Å². The molecule has 0 amide bonds. The van der Waals surface area contributed by atoms with Crippen LogP contribution >= 0.6 is 11.6 Å². The van der Waals surface area contributed by atoms with Crippen LogP contribution in [0.2, 0.25) is 5.02 Å². The first-order valence-electron chi connectivity index (χ1n) is 6.54. The van der Waals surface area contributed by atoms with E-state index in [4.69, 9.17) is 22.8 Å². The van der Waals surface area contributed by atoms with Crippen molar-refractivity contribution in [2.75, 3.05) is 6.61 Å². The molecule has 3 aromatic rings. The Kier molecular flexibility index (Phi) is 3.82. The van der Waals surface area contributed by atoms with E-state index >= 15 is 0 Å². The summed E-state index contributed by atoms with van der Waals surface area (Å²) in [6.07, 6.45) is 5.07. The molecule has 0 unspecified atom stereocenters. The second kappa shape index (κ2) is 5.92. The fourth-order valence-electron chi connectivity index (χ4n) is 2.11. The van der Waals surface area contributed by atoms with Crippen LogP contribution in [-0.4, -0.2) is 22.5 Å². The topological polar surface area (TPSA) is 55.0 Å². The number of esters is 1. The third-order valence-corrected chi connectivity index (χ3v) is 3.46. The molecule has 0 aliphatic rings. The predicted octanol–water partition coefficient (Wildman–Crippen LogP) is 3.67. The number of H-pyrrole nitrogens is 1. The number of rotatable bonds is 3. The minimum absolute atomic E-state index is 0.0509. The molecule has 0 fully saturated rings. The summed E-state index contributed by atoms with van der Waals surface area (Å²) in [5.41, 5.74) is 2.68. The Morgan fingerprint density at radius 2 is 2.14 bits per heavy atom. The minimum atomic E-state index is -0.464. The summed E-state index contributed by atoms with van der Waals surface area (Å²) in [5, 5.41) is 0.607. The number of terminal acetylenes is 1. The van der Waals surface area contributed by atoms with Crippen molar-refractivity contribution in [1.29, 1.82) is 0 Å². The van der Waals surface area contributed by atoms with Gasteiger partial charge in [0.2, 0.25) is 0 Å². The number of hydrogen-bond acceptors (Lipinski definition) is 3. The summed E-state index contributed by atoms with van der Waals surface area (Å²) >= 11 is 6.17. The number of carbonyl (C=O) groups is 1. The Bertz CT molecular complexity index is 893. The Labute approximate surface area is 132 Å². The van der Waals surface area contributed by atoms with Gasteiger partial charge in [0, 0.05) is 5.56 Å². The molecule has 0 bridgehead atoms. The number of hydrogen-bond donors (Lipinski definition) is 1. The Morgan fingerprint density at radius 3 is 2.91 bits per heavy atom. The molecule has 108 valence electrons. The Balaban J connectivity index is 1.99. The van der Waals surface area contributed by atoms with Crippen LogP contribution < -0.4 is 0 Å². The monoisotopic (exact) mass is 310 g/mol. The number of carbonyl (C=O) groups excluding carboxylic acids is 1. The first kappa shape index (κ1) is 14.2. The van der Waals surface area contributed by atoms with Crippen LogP contribution in [0.1, 0.15) is 10.4 Å². The van der Waals surface area contributed by atoms with Crippen molar-refractivity contribution in [3.05, 3.63) is 53.1 Å². The van der Waals surface area contributed by atoms with Gasteiger partial charge in [-0.05, 0) is 30.3 Å². The first-order valence-corrected chi connectivity index (χ1v) is 6.92. The van der Waals surface area contributed by atoms with Crippen LogP contribution in [0.3, 0.4) is 0 Å². The number of halogens is 1. The lowest BCUT2D eigenvalue weighted by molar-refractivity contribution is 0.0557. The fourth-order valence-corrected chi connectivity index (χ4v) is 2.33. The van der Waals surface area contributed by atoms with Gasteiger partial charge in [-0.1, -0.05) is 29.7 Å². The largest absolute Gasteiger partial charge is 0.449 e. The number of aromatic amines is 1. The molecule has 0 radical (unpaired) electrons. The van der Waals surface area contributed by atoms with Gasteiger partial charge in [-0.25, -0.2) is 9.78 Å². The number of benzene rings is 2. The van der Waals surface area contributed by atoms with Gasteiger partial charge < -0.3 is 9.72 Å². The van der Waals surface area contributed by atoms with E-state index in [0.717, 1.165) is 16.6 Å². The maximum absolute atomic E-state index is 11.8. The van der Waals surface area contributed by atoms with E-state index in [1.807, 2.05) is 18.2 Å². The van der Waals surface area contributed by atoms with Crippen molar-refractivity contribution in [3.63, 3.8) is 0 Å². The van der Waals surface area contributed by atoms with Gasteiger partial charge >= 0.3 is 5.97 Å². The summed E-state index contributed by atoms with van der Waals surface area (Å²) in [7, 11) is 0. The van der Waals surface area contributed by atoms with Crippen LogP contribution in [-0.2, 0) is 4.74 Å². The van der Waals surface area contributed by atoms with E-state index in [-0.39, 0.29) is 6.61 Å². The zero-order chi connectivity index (χ0) is 15.5. The van der Waals surface area contributed by atoms with Gasteiger partial charge in [0.05, 0.1) is 21.6 Å². The highest BCUT2D eigenvalue weighted by Crippen LogP contribution is 2.27. The lowest BCUT2D eigenvalue weighted by Crippen LogP contribution is -2.04. The molecule has 0 saturated heterocycles. The first-order chi connectivity index (χ1) is 10.7.